The molecule has 2 N–H and O–H groups in total. The summed E-state index contributed by atoms with van der Waals surface area (Å²) in [5.41, 5.74) is 2.89. The molecule has 6 heteroatoms. The highest BCUT2D eigenvalue weighted by Crippen LogP contribution is 2.24. The van der Waals surface area contributed by atoms with E-state index in [2.05, 4.69) is 53.5 Å². The number of carbonyl (C=O) groups is 1. The Morgan fingerprint density at radius 3 is 2.07 bits per heavy atom. The zero-order valence-electron chi connectivity index (χ0n) is 15.5. The Labute approximate surface area is 157 Å². The molecule has 2 aromatic carbocycles. The van der Waals surface area contributed by atoms with Crippen molar-refractivity contribution in [1.29, 1.82) is 0 Å². The first kappa shape index (κ1) is 18.5. The maximum Gasteiger partial charge on any atom is 0.275 e. The average molecular weight is 364 g/mol. The zero-order valence-corrected chi connectivity index (χ0v) is 15.5. The highest BCUT2D eigenvalue weighted by Gasteiger charge is 2.13. The summed E-state index contributed by atoms with van der Waals surface area (Å²) >= 11 is 0. The molecule has 0 saturated heterocycles. The SMILES string of the molecule is CC(C)(C)c1ccc(Nc2cnc(C(=O)Nc3ccc(F)cc3)cn2)cc1. The molecular formula is C21H21FN4O. The van der Waals surface area contributed by atoms with Crippen molar-refractivity contribution in [2.75, 3.05) is 10.6 Å². The van der Waals surface area contributed by atoms with E-state index in [-0.39, 0.29) is 16.9 Å². The molecule has 0 spiro atoms. The van der Waals surface area contributed by atoms with E-state index >= 15 is 0 Å². The topological polar surface area (TPSA) is 66.9 Å². The molecule has 0 saturated carbocycles. The summed E-state index contributed by atoms with van der Waals surface area (Å²) in [7, 11) is 0. The van der Waals surface area contributed by atoms with Crippen LogP contribution in [0.2, 0.25) is 0 Å². The lowest BCUT2D eigenvalue weighted by atomic mass is 9.87. The van der Waals surface area contributed by atoms with Gasteiger partial charge in [0.1, 0.15) is 17.3 Å². The van der Waals surface area contributed by atoms with Crippen LogP contribution in [-0.4, -0.2) is 15.9 Å². The van der Waals surface area contributed by atoms with E-state index in [9.17, 15) is 9.18 Å². The number of carbonyl (C=O) groups excluding carboxylic acids is 1. The highest BCUT2D eigenvalue weighted by molar-refractivity contribution is 6.02. The number of halogens is 1. The van der Waals surface area contributed by atoms with Gasteiger partial charge in [0.15, 0.2) is 0 Å². The molecular weight excluding hydrogens is 343 g/mol. The molecule has 1 amide bonds. The van der Waals surface area contributed by atoms with Gasteiger partial charge in [-0.3, -0.25) is 4.79 Å². The zero-order chi connectivity index (χ0) is 19.4. The molecule has 5 nitrogen and oxygen atoms in total. The van der Waals surface area contributed by atoms with Crippen molar-refractivity contribution in [2.24, 2.45) is 0 Å². The Balaban J connectivity index is 1.64. The van der Waals surface area contributed by atoms with Gasteiger partial charge < -0.3 is 10.6 Å². The van der Waals surface area contributed by atoms with Crippen molar-refractivity contribution in [3.63, 3.8) is 0 Å². The number of nitrogens with zero attached hydrogens (tertiary/aromatic N) is 2. The van der Waals surface area contributed by atoms with Crippen molar-refractivity contribution < 1.29 is 9.18 Å². The van der Waals surface area contributed by atoms with Gasteiger partial charge in [0.2, 0.25) is 0 Å². The molecule has 0 radical (unpaired) electrons. The highest BCUT2D eigenvalue weighted by atomic mass is 19.1. The molecule has 3 aromatic rings. The average Bonchev–Trinajstić information content (AvgIpc) is 2.64. The van der Waals surface area contributed by atoms with Crippen LogP contribution in [-0.2, 0) is 5.41 Å². The van der Waals surface area contributed by atoms with Crippen molar-refractivity contribution >= 4 is 23.1 Å². The molecule has 0 atom stereocenters. The predicted octanol–water partition coefficient (Wildman–Crippen LogP) is 4.91. The van der Waals surface area contributed by atoms with Crippen molar-refractivity contribution in [1.82, 2.24) is 9.97 Å². The van der Waals surface area contributed by atoms with Crippen LogP contribution in [0.1, 0.15) is 36.8 Å². The molecule has 0 aliphatic heterocycles. The summed E-state index contributed by atoms with van der Waals surface area (Å²) in [4.78, 5) is 20.5. The summed E-state index contributed by atoms with van der Waals surface area (Å²) < 4.78 is 12.9. The van der Waals surface area contributed by atoms with Crippen molar-refractivity contribution in [3.05, 3.63) is 78.0 Å². The van der Waals surface area contributed by atoms with Gasteiger partial charge in [-0.2, -0.15) is 0 Å². The molecule has 1 aromatic heterocycles. The first-order valence-electron chi connectivity index (χ1n) is 8.58. The number of rotatable bonds is 4. The van der Waals surface area contributed by atoms with Gasteiger partial charge in [0.25, 0.3) is 5.91 Å². The summed E-state index contributed by atoms with van der Waals surface area (Å²) in [6.07, 6.45) is 2.89. The maximum absolute atomic E-state index is 12.9. The lowest BCUT2D eigenvalue weighted by Crippen LogP contribution is -2.14. The Morgan fingerprint density at radius 2 is 1.52 bits per heavy atom. The molecule has 27 heavy (non-hydrogen) atoms. The summed E-state index contributed by atoms with van der Waals surface area (Å²) in [6.45, 7) is 6.49. The minimum absolute atomic E-state index is 0.0951. The summed E-state index contributed by atoms with van der Waals surface area (Å²) in [5, 5.41) is 5.80. The fourth-order valence-corrected chi connectivity index (χ4v) is 2.44. The van der Waals surface area contributed by atoms with Gasteiger partial charge in [-0.05, 0) is 47.4 Å². The van der Waals surface area contributed by atoms with Crippen molar-refractivity contribution in [3.8, 4) is 0 Å². The molecule has 0 fully saturated rings. The van der Waals surface area contributed by atoms with Gasteiger partial charge in [0.05, 0.1) is 12.4 Å². The third kappa shape index (κ3) is 4.88. The smallest absolute Gasteiger partial charge is 0.275 e. The first-order chi connectivity index (χ1) is 12.8. The van der Waals surface area contributed by atoms with Gasteiger partial charge in [-0.1, -0.05) is 32.9 Å². The minimum atomic E-state index is -0.407. The fourth-order valence-electron chi connectivity index (χ4n) is 2.44. The van der Waals surface area contributed by atoms with Crippen LogP contribution in [0.3, 0.4) is 0 Å². The van der Waals surface area contributed by atoms with Gasteiger partial charge >= 0.3 is 0 Å². The van der Waals surface area contributed by atoms with Crippen LogP contribution < -0.4 is 10.6 Å². The standard InChI is InChI=1S/C21H21FN4O/c1-21(2,3)14-4-8-16(9-5-14)25-19-13-23-18(12-24-19)20(27)26-17-10-6-15(22)7-11-17/h4-13H,1-3H3,(H,24,25)(H,26,27). The van der Waals surface area contributed by atoms with Crippen LogP contribution in [0.15, 0.2) is 60.9 Å². The molecule has 138 valence electrons. The van der Waals surface area contributed by atoms with Crippen LogP contribution in [0.25, 0.3) is 0 Å². The molecule has 3 rings (SSSR count). The monoisotopic (exact) mass is 364 g/mol. The van der Waals surface area contributed by atoms with Gasteiger partial charge in [-0.25, -0.2) is 14.4 Å². The normalized spacial score (nSPS) is 11.1. The predicted molar refractivity (Wildman–Crippen MR) is 105 cm³/mol. The number of benzene rings is 2. The largest absolute Gasteiger partial charge is 0.339 e. The number of nitrogens with one attached hydrogen (secondary N) is 2. The number of hydrogen-bond acceptors (Lipinski definition) is 4. The van der Waals surface area contributed by atoms with Crippen LogP contribution in [0.5, 0.6) is 0 Å². The Kier molecular flexibility index (Phi) is 5.16. The molecule has 1 heterocycles. The number of hydrogen-bond donors (Lipinski definition) is 2. The summed E-state index contributed by atoms with van der Waals surface area (Å²) in [6, 6.07) is 13.6. The third-order valence-corrected chi connectivity index (χ3v) is 4.01. The van der Waals surface area contributed by atoms with Crippen LogP contribution >= 0.6 is 0 Å². The van der Waals surface area contributed by atoms with Gasteiger partial charge in [0, 0.05) is 11.4 Å². The Hall–Kier alpha value is -3.28. The second-order valence-electron chi connectivity index (χ2n) is 7.20. The number of aromatic nitrogens is 2. The fraction of sp³-hybridized carbons (Fsp3) is 0.190. The van der Waals surface area contributed by atoms with E-state index in [0.717, 1.165) is 5.69 Å². The van der Waals surface area contributed by atoms with E-state index in [4.69, 9.17) is 0 Å². The second-order valence-corrected chi connectivity index (χ2v) is 7.20. The van der Waals surface area contributed by atoms with E-state index in [1.807, 2.05) is 12.1 Å². The molecule has 0 aliphatic carbocycles. The Bertz CT molecular complexity index is 914. The van der Waals surface area contributed by atoms with Crippen molar-refractivity contribution in [2.45, 2.75) is 26.2 Å². The minimum Gasteiger partial charge on any atom is -0.339 e. The lowest BCUT2D eigenvalue weighted by molar-refractivity contribution is 0.102. The summed E-state index contributed by atoms with van der Waals surface area (Å²) in [5.74, 6) is -0.231. The quantitative estimate of drug-likeness (QED) is 0.690. The van der Waals surface area contributed by atoms with E-state index < -0.39 is 5.91 Å². The van der Waals surface area contributed by atoms with E-state index in [1.165, 1.54) is 42.2 Å². The van der Waals surface area contributed by atoms with E-state index in [0.29, 0.717) is 11.5 Å². The third-order valence-electron chi connectivity index (χ3n) is 4.01. The lowest BCUT2D eigenvalue weighted by Gasteiger charge is -2.19. The molecule has 0 aliphatic rings. The van der Waals surface area contributed by atoms with Crippen LogP contribution in [0, 0.1) is 5.82 Å². The second kappa shape index (κ2) is 7.53. The van der Waals surface area contributed by atoms with E-state index in [1.54, 1.807) is 0 Å². The Morgan fingerprint density at radius 1 is 0.889 bits per heavy atom. The molecule has 0 bridgehead atoms. The first-order valence-corrected chi connectivity index (χ1v) is 8.58. The number of amides is 1. The maximum atomic E-state index is 12.9. The number of anilines is 3. The van der Waals surface area contributed by atoms with Gasteiger partial charge in [-0.15, -0.1) is 0 Å². The molecule has 0 unspecified atom stereocenters. The van der Waals surface area contributed by atoms with Crippen LogP contribution in [0.4, 0.5) is 21.6 Å².